The Bertz CT molecular complexity index is 1060. The summed E-state index contributed by atoms with van der Waals surface area (Å²) in [6.45, 7) is 6.58. The molecule has 3 heterocycles. The Hall–Kier alpha value is -3.12. The van der Waals surface area contributed by atoms with Crippen LogP contribution in [-0.4, -0.2) is 51.8 Å². The van der Waals surface area contributed by atoms with Crippen LogP contribution in [0.15, 0.2) is 67.0 Å². The van der Waals surface area contributed by atoms with Gasteiger partial charge >= 0.3 is 6.03 Å². The third-order valence-corrected chi connectivity index (χ3v) is 6.42. The van der Waals surface area contributed by atoms with E-state index in [0.29, 0.717) is 0 Å². The lowest BCUT2D eigenvalue weighted by molar-refractivity contribution is 0.196. The first kappa shape index (κ1) is 19.8. The molecule has 31 heavy (non-hydrogen) atoms. The Morgan fingerprint density at radius 2 is 1.84 bits per heavy atom. The third-order valence-electron chi connectivity index (χ3n) is 6.42. The van der Waals surface area contributed by atoms with Gasteiger partial charge in [0.2, 0.25) is 0 Å². The molecule has 0 N–H and O–H groups in total. The van der Waals surface area contributed by atoms with E-state index in [9.17, 15) is 4.79 Å². The molecule has 2 aliphatic heterocycles. The molecule has 2 aromatic carbocycles. The van der Waals surface area contributed by atoms with Crippen LogP contribution in [0.2, 0.25) is 0 Å². The predicted molar refractivity (Wildman–Crippen MR) is 119 cm³/mol. The third kappa shape index (κ3) is 4.35. The second-order valence-corrected chi connectivity index (χ2v) is 8.94. The molecule has 6 heteroatoms. The summed E-state index contributed by atoms with van der Waals surface area (Å²) >= 11 is 0. The Morgan fingerprint density at radius 3 is 2.65 bits per heavy atom. The zero-order chi connectivity index (χ0) is 21.3. The van der Waals surface area contributed by atoms with Gasteiger partial charge in [-0.25, -0.2) is 4.79 Å². The van der Waals surface area contributed by atoms with Crippen molar-refractivity contribution in [2.24, 2.45) is 5.41 Å². The normalized spacial score (nSPS) is 21.1. The molecule has 1 amide bonds. The molecule has 0 aliphatic carbocycles. The zero-order valence-corrected chi connectivity index (χ0v) is 17.9. The van der Waals surface area contributed by atoms with Gasteiger partial charge in [0.25, 0.3) is 0 Å². The number of carbonyl (C=O) groups is 1. The molecule has 1 aromatic heterocycles. The smallest absolute Gasteiger partial charge is 0.344 e. The highest BCUT2D eigenvalue weighted by atomic mass is 16.5. The minimum absolute atomic E-state index is 0.00538. The molecule has 2 saturated heterocycles. The molecule has 0 saturated carbocycles. The van der Waals surface area contributed by atoms with Crippen molar-refractivity contribution in [1.29, 1.82) is 0 Å². The molecular formula is C25H28N4O2. The Morgan fingerprint density at radius 1 is 1.03 bits per heavy atom. The van der Waals surface area contributed by atoms with Gasteiger partial charge in [-0.1, -0.05) is 30.3 Å². The van der Waals surface area contributed by atoms with Crippen LogP contribution in [0.4, 0.5) is 4.79 Å². The minimum Gasteiger partial charge on any atom is -0.457 e. The number of nitrogens with zero attached hydrogens (tertiary/aromatic N) is 4. The second-order valence-electron chi connectivity index (χ2n) is 8.94. The molecule has 1 unspecified atom stereocenters. The number of aromatic nitrogens is 2. The van der Waals surface area contributed by atoms with E-state index in [4.69, 9.17) is 4.74 Å². The highest BCUT2D eigenvalue weighted by Gasteiger charge is 2.44. The van der Waals surface area contributed by atoms with Gasteiger partial charge in [0.05, 0.1) is 6.20 Å². The summed E-state index contributed by atoms with van der Waals surface area (Å²) in [5.41, 5.74) is 2.46. The number of hydrogen-bond acceptors (Lipinski definition) is 4. The van der Waals surface area contributed by atoms with E-state index in [0.717, 1.165) is 62.6 Å². The molecule has 6 nitrogen and oxygen atoms in total. The van der Waals surface area contributed by atoms with Crippen LogP contribution >= 0.6 is 0 Å². The van der Waals surface area contributed by atoms with Crippen LogP contribution in [0.3, 0.4) is 0 Å². The average Bonchev–Trinajstić information content (AvgIpc) is 3.50. The second kappa shape index (κ2) is 8.19. The Balaban J connectivity index is 1.20. The fourth-order valence-corrected chi connectivity index (χ4v) is 4.85. The number of ether oxygens (including phenoxy) is 1. The van der Waals surface area contributed by atoms with E-state index >= 15 is 0 Å². The first-order chi connectivity index (χ1) is 15.1. The van der Waals surface area contributed by atoms with Crippen molar-refractivity contribution in [1.82, 2.24) is 19.6 Å². The molecule has 1 spiro atoms. The molecule has 2 fully saturated rings. The zero-order valence-electron chi connectivity index (χ0n) is 17.9. The molecular weight excluding hydrogens is 388 g/mol. The van der Waals surface area contributed by atoms with Gasteiger partial charge in [-0.3, -0.25) is 4.90 Å². The number of amides is 1. The van der Waals surface area contributed by atoms with Gasteiger partial charge in [-0.2, -0.15) is 9.78 Å². The van der Waals surface area contributed by atoms with Crippen molar-refractivity contribution in [2.75, 3.05) is 26.2 Å². The number of benzene rings is 2. The lowest BCUT2D eigenvalue weighted by Gasteiger charge is -2.24. The molecule has 1 atom stereocenters. The first-order valence-corrected chi connectivity index (χ1v) is 10.9. The number of carbonyl (C=O) groups excluding carboxylic acids is 1. The molecule has 0 bridgehead atoms. The van der Waals surface area contributed by atoms with Gasteiger partial charge in [0, 0.05) is 37.8 Å². The lowest BCUT2D eigenvalue weighted by Crippen LogP contribution is -2.36. The molecule has 3 aromatic rings. The first-order valence-electron chi connectivity index (χ1n) is 10.9. The maximum Gasteiger partial charge on any atom is 0.344 e. The van der Waals surface area contributed by atoms with E-state index in [2.05, 4.69) is 28.2 Å². The average molecular weight is 417 g/mol. The number of hydrogen-bond donors (Lipinski definition) is 0. The summed E-state index contributed by atoms with van der Waals surface area (Å²) in [7, 11) is 0. The fourth-order valence-electron chi connectivity index (χ4n) is 4.85. The maximum absolute atomic E-state index is 12.8. The number of aryl methyl sites for hydroxylation is 1. The van der Waals surface area contributed by atoms with Crippen molar-refractivity contribution >= 4 is 6.03 Å². The van der Waals surface area contributed by atoms with Crippen LogP contribution in [0.1, 0.15) is 24.0 Å². The van der Waals surface area contributed by atoms with Gasteiger partial charge in [-0.05, 0) is 61.7 Å². The van der Waals surface area contributed by atoms with Crippen LogP contribution in [0.25, 0.3) is 0 Å². The Kier molecular flexibility index (Phi) is 5.24. The largest absolute Gasteiger partial charge is 0.457 e. The van der Waals surface area contributed by atoms with E-state index in [-0.39, 0.29) is 11.4 Å². The van der Waals surface area contributed by atoms with E-state index < -0.39 is 0 Å². The summed E-state index contributed by atoms with van der Waals surface area (Å²) in [4.78, 5) is 17.2. The Labute approximate surface area is 183 Å². The van der Waals surface area contributed by atoms with Crippen LogP contribution < -0.4 is 4.74 Å². The summed E-state index contributed by atoms with van der Waals surface area (Å²) in [5, 5.41) is 4.19. The minimum atomic E-state index is -0.00538. The van der Waals surface area contributed by atoms with E-state index in [1.54, 1.807) is 12.4 Å². The van der Waals surface area contributed by atoms with Gasteiger partial charge < -0.3 is 9.64 Å². The number of para-hydroxylation sites is 1. The van der Waals surface area contributed by atoms with Crippen molar-refractivity contribution < 1.29 is 9.53 Å². The van der Waals surface area contributed by atoms with Gasteiger partial charge in [-0.15, -0.1) is 0 Å². The fraction of sp³-hybridized carbons (Fsp3) is 0.360. The lowest BCUT2D eigenvalue weighted by atomic mass is 9.86. The molecule has 5 rings (SSSR count). The summed E-state index contributed by atoms with van der Waals surface area (Å²) in [5.74, 6) is 1.72. The quantitative estimate of drug-likeness (QED) is 0.626. The molecule has 160 valence electrons. The van der Waals surface area contributed by atoms with Crippen LogP contribution in [0.5, 0.6) is 11.5 Å². The summed E-state index contributed by atoms with van der Waals surface area (Å²) in [6, 6.07) is 18.2. The molecule has 0 radical (unpaired) electrons. The standard InChI is InChI=1S/C25H28N4O2/c1-20-15-26-29(16-20)24(30)28-13-11-25(19-28)10-12-27(18-25)17-21-6-5-9-23(14-21)31-22-7-3-2-4-8-22/h2-9,14-16H,10-13,17-19H2,1H3. The maximum atomic E-state index is 12.8. The highest BCUT2D eigenvalue weighted by molar-refractivity contribution is 5.76. The van der Waals surface area contributed by atoms with Crippen LogP contribution in [0, 0.1) is 12.3 Å². The van der Waals surface area contributed by atoms with Crippen LogP contribution in [-0.2, 0) is 6.54 Å². The van der Waals surface area contributed by atoms with Crippen molar-refractivity contribution in [2.45, 2.75) is 26.3 Å². The summed E-state index contributed by atoms with van der Waals surface area (Å²) < 4.78 is 7.46. The SMILES string of the molecule is Cc1cnn(C(=O)N2CCC3(CCN(Cc4cccc(Oc5ccccc5)c4)C3)C2)c1. The topological polar surface area (TPSA) is 50.6 Å². The predicted octanol–water partition coefficient (Wildman–Crippen LogP) is 4.55. The van der Waals surface area contributed by atoms with E-state index in [1.165, 1.54) is 10.2 Å². The molecule has 2 aliphatic rings. The van der Waals surface area contributed by atoms with Crippen molar-refractivity contribution in [3.8, 4) is 11.5 Å². The highest BCUT2D eigenvalue weighted by Crippen LogP contribution is 2.40. The number of likely N-dealkylation sites (tertiary alicyclic amines) is 2. The van der Waals surface area contributed by atoms with Crippen molar-refractivity contribution in [3.05, 3.63) is 78.1 Å². The van der Waals surface area contributed by atoms with Gasteiger partial charge in [0.15, 0.2) is 0 Å². The number of rotatable bonds is 4. The van der Waals surface area contributed by atoms with Gasteiger partial charge in [0.1, 0.15) is 11.5 Å². The summed E-state index contributed by atoms with van der Waals surface area (Å²) in [6.07, 6.45) is 5.73. The monoisotopic (exact) mass is 416 g/mol. The van der Waals surface area contributed by atoms with E-state index in [1.807, 2.05) is 48.2 Å². The van der Waals surface area contributed by atoms with Crippen molar-refractivity contribution in [3.63, 3.8) is 0 Å².